The van der Waals surface area contributed by atoms with E-state index in [9.17, 15) is 8.42 Å². The van der Waals surface area contributed by atoms with Crippen LogP contribution in [0.2, 0.25) is 0 Å². The Morgan fingerprint density at radius 2 is 2.40 bits per heavy atom. The molecule has 0 saturated carbocycles. The van der Waals surface area contributed by atoms with Gasteiger partial charge in [0.15, 0.2) is 0 Å². The summed E-state index contributed by atoms with van der Waals surface area (Å²) in [6, 6.07) is -0.269. The molecule has 0 bridgehead atoms. The minimum absolute atomic E-state index is 0.269. The summed E-state index contributed by atoms with van der Waals surface area (Å²) in [7, 11) is -4.11. The van der Waals surface area contributed by atoms with E-state index in [1.54, 1.807) is 6.34 Å². The van der Waals surface area contributed by atoms with Gasteiger partial charge in [0.1, 0.15) is 0 Å². The van der Waals surface area contributed by atoms with Crippen molar-refractivity contribution in [1.29, 1.82) is 0 Å². The van der Waals surface area contributed by atoms with Crippen LogP contribution in [0.5, 0.6) is 0 Å². The summed E-state index contributed by atoms with van der Waals surface area (Å²) in [5.41, 5.74) is 2.25. The molecule has 0 aliphatic carbocycles. The average molecular weight is 231 g/mol. The van der Waals surface area contributed by atoms with Crippen molar-refractivity contribution in [3.05, 3.63) is 11.3 Å². The van der Waals surface area contributed by atoms with Gasteiger partial charge >= 0.3 is 10.3 Å². The molecule has 2 rings (SSSR count). The van der Waals surface area contributed by atoms with Crippen LogP contribution in [0.4, 0.5) is 0 Å². The highest BCUT2D eigenvalue weighted by Gasteiger charge is 2.30. The highest BCUT2D eigenvalue weighted by atomic mass is 32.2. The van der Waals surface area contributed by atoms with Gasteiger partial charge in [-0.05, 0) is 12.5 Å². The summed E-state index contributed by atoms with van der Waals surface area (Å²) in [5.74, 6) is 0. The number of fused-ring (bicyclic) bond motifs is 1. The van der Waals surface area contributed by atoms with Crippen LogP contribution >= 0.6 is 0 Å². The molecule has 0 radical (unpaired) electrons. The van der Waals surface area contributed by atoms with E-state index >= 15 is 0 Å². The van der Waals surface area contributed by atoms with E-state index in [4.69, 9.17) is 4.55 Å². The number of rotatable bonds is 2. The molecule has 0 amide bonds. The first-order valence-corrected chi connectivity index (χ1v) is 6.09. The first kappa shape index (κ1) is 10.6. The Labute approximate surface area is 88.6 Å². The summed E-state index contributed by atoms with van der Waals surface area (Å²) in [6.45, 7) is 3.18. The predicted octanol–water partition coefficient (Wildman–Crippen LogP) is -0.231. The second-order valence-corrected chi connectivity index (χ2v) is 5.02. The van der Waals surface area contributed by atoms with Crippen molar-refractivity contribution in [3.63, 3.8) is 0 Å². The lowest BCUT2D eigenvalue weighted by Gasteiger charge is -2.19. The standard InChI is InChI=1S/C8H13N3O3S/c1-6-3-9-5-11-4-7(2-8(6)11)10-15(12,13)14/h5,7,10H,2-4H2,1H3,(H,12,13,14)/t7-/m0/s1. The first-order chi connectivity index (χ1) is 6.96. The minimum Gasteiger partial charge on any atom is -0.335 e. The Morgan fingerprint density at radius 3 is 3.00 bits per heavy atom. The molecule has 1 fully saturated rings. The zero-order valence-corrected chi connectivity index (χ0v) is 9.16. The van der Waals surface area contributed by atoms with E-state index in [1.165, 1.54) is 0 Å². The maximum absolute atomic E-state index is 10.7. The fourth-order valence-corrected chi connectivity index (χ4v) is 2.54. The Morgan fingerprint density at radius 1 is 1.67 bits per heavy atom. The SMILES string of the molecule is CC1=C2C[C@H](NS(=O)(=O)O)CN2C=NC1. The molecule has 2 N–H and O–H groups in total. The van der Waals surface area contributed by atoms with Gasteiger partial charge in [0.2, 0.25) is 0 Å². The molecule has 7 heteroatoms. The van der Waals surface area contributed by atoms with Crippen LogP contribution in [0.15, 0.2) is 16.3 Å². The fraction of sp³-hybridized carbons (Fsp3) is 0.625. The summed E-state index contributed by atoms with van der Waals surface area (Å²) in [6.07, 6.45) is 2.33. The largest absolute Gasteiger partial charge is 0.335 e. The first-order valence-electron chi connectivity index (χ1n) is 4.65. The van der Waals surface area contributed by atoms with Crippen molar-refractivity contribution in [3.8, 4) is 0 Å². The zero-order valence-electron chi connectivity index (χ0n) is 8.34. The van der Waals surface area contributed by atoms with Gasteiger partial charge in [-0.1, -0.05) is 0 Å². The molecule has 0 aromatic heterocycles. The quantitative estimate of drug-likeness (QED) is 0.643. The van der Waals surface area contributed by atoms with Crippen molar-refractivity contribution in [2.75, 3.05) is 13.1 Å². The molecule has 1 atom stereocenters. The van der Waals surface area contributed by atoms with E-state index in [1.807, 2.05) is 11.8 Å². The van der Waals surface area contributed by atoms with E-state index < -0.39 is 10.3 Å². The normalized spacial score (nSPS) is 26.0. The van der Waals surface area contributed by atoms with Gasteiger partial charge < -0.3 is 4.90 Å². The van der Waals surface area contributed by atoms with Gasteiger partial charge in [0.05, 0.1) is 12.9 Å². The fourth-order valence-electron chi connectivity index (χ4n) is 1.96. The van der Waals surface area contributed by atoms with Crippen LogP contribution in [-0.2, 0) is 10.3 Å². The van der Waals surface area contributed by atoms with Gasteiger partial charge in [0.25, 0.3) is 0 Å². The van der Waals surface area contributed by atoms with Crippen LogP contribution in [0.25, 0.3) is 0 Å². The Kier molecular flexibility index (Phi) is 2.53. The van der Waals surface area contributed by atoms with Crippen LogP contribution in [-0.4, -0.2) is 43.3 Å². The smallest absolute Gasteiger partial charge is 0.333 e. The van der Waals surface area contributed by atoms with E-state index in [0.717, 1.165) is 11.3 Å². The Hall–Kier alpha value is -0.920. The third kappa shape index (κ3) is 2.36. The van der Waals surface area contributed by atoms with Crippen molar-refractivity contribution in [1.82, 2.24) is 9.62 Å². The second kappa shape index (κ2) is 3.58. The molecule has 1 saturated heterocycles. The van der Waals surface area contributed by atoms with Crippen LogP contribution in [0, 0.1) is 0 Å². The van der Waals surface area contributed by atoms with E-state index in [-0.39, 0.29) is 6.04 Å². The molecule has 0 aromatic rings. The maximum atomic E-state index is 10.7. The van der Waals surface area contributed by atoms with Crippen molar-refractivity contribution < 1.29 is 13.0 Å². The molecule has 0 spiro atoms. The highest BCUT2D eigenvalue weighted by Crippen LogP contribution is 2.25. The number of hydrogen-bond donors (Lipinski definition) is 2. The lowest BCUT2D eigenvalue weighted by Crippen LogP contribution is -2.36. The van der Waals surface area contributed by atoms with Gasteiger partial charge in [-0.15, -0.1) is 0 Å². The Balaban J connectivity index is 2.12. The van der Waals surface area contributed by atoms with E-state index in [0.29, 0.717) is 19.5 Å². The van der Waals surface area contributed by atoms with Crippen molar-refractivity contribution in [2.24, 2.45) is 4.99 Å². The number of aliphatic imine (C=N–C) groups is 1. The zero-order chi connectivity index (χ0) is 11.1. The molecule has 84 valence electrons. The number of nitrogens with one attached hydrogen (secondary N) is 1. The number of hydrogen-bond acceptors (Lipinski definition) is 4. The molecule has 0 unspecified atom stereocenters. The van der Waals surface area contributed by atoms with Gasteiger partial charge in [-0.3, -0.25) is 9.55 Å². The Bertz CT molecular complexity index is 426. The molecule has 6 nitrogen and oxygen atoms in total. The highest BCUT2D eigenvalue weighted by molar-refractivity contribution is 7.83. The van der Waals surface area contributed by atoms with Crippen LogP contribution in [0.3, 0.4) is 0 Å². The summed E-state index contributed by atoms with van der Waals surface area (Å²) < 4.78 is 32.2. The predicted molar refractivity (Wildman–Crippen MR) is 55.9 cm³/mol. The van der Waals surface area contributed by atoms with Gasteiger partial charge in [-0.25, -0.2) is 0 Å². The average Bonchev–Trinajstić information content (AvgIpc) is 2.45. The molecule has 2 aliphatic heterocycles. The van der Waals surface area contributed by atoms with Gasteiger partial charge in [0, 0.05) is 24.7 Å². The maximum Gasteiger partial charge on any atom is 0.333 e. The van der Waals surface area contributed by atoms with E-state index in [2.05, 4.69) is 9.71 Å². The molecule has 0 aromatic carbocycles. The molecular weight excluding hydrogens is 218 g/mol. The van der Waals surface area contributed by atoms with Crippen molar-refractivity contribution in [2.45, 2.75) is 19.4 Å². The molecule has 2 aliphatic rings. The minimum atomic E-state index is -4.11. The van der Waals surface area contributed by atoms with Gasteiger partial charge in [-0.2, -0.15) is 13.1 Å². The lowest BCUT2D eigenvalue weighted by atomic mass is 10.1. The monoisotopic (exact) mass is 231 g/mol. The van der Waals surface area contributed by atoms with Crippen molar-refractivity contribution >= 4 is 16.6 Å². The number of nitrogens with zero attached hydrogens (tertiary/aromatic N) is 2. The second-order valence-electron chi connectivity index (χ2n) is 3.83. The van der Waals surface area contributed by atoms with Crippen LogP contribution in [0.1, 0.15) is 13.3 Å². The third-order valence-corrected chi connectivity index (χ3v) is 3.19. The third-order valence-electron chi connectivity index (χ3n) is 2.56. The van der Waals surface area contributed by atoms with Crippen LogP contribution < -0.4 is 4.72 Å². The molecule has 15 heavy (non-hydrogen) atoms. The lowest BCUT2D eigenvalue weighted by molar-refractivity contribution is 0.449. The molecular formula is C8H13N3O3S. The molecule has 2 heterocycles. The summed E-state index contributed by atoms with van der Waals surface area (Å²) in [5, 5.41) is 0. The topological polar surface area (TPSA) is 82.0 Å². The summed E-state index contributed by atoms with van der Waals surface area (Å²) in [4.78, 5) is 6.05. The summed E-state index contributed by atoms with van der Waals surface area (Å²) >= 11 is 0.